The molecule has 5 nitrogen and oxygen atoms in total. The van der Waals surface area contributed by atoms with Crippen molar-refractivity contribution in [1.82, 2.24) is 0 Å². The average Bonchev–Trinajstić information content (AvgIpc) is 2.96. The van der Waals surface area contributed by atoms with E-state index in [0.29, 0.717) is 18.2 Å². The average molecular weight is 315 g/mol. The molecule has 0 bridgehead atoms. The van der Waals surface area contributed by atoms with Crippen LogP contribution in [0.5, 0.6) is 5.75 Å². The van der Waals surface area contributed by atoms with Crippen molar-refractivity contribution in [3.63, 3.8) is 0 Å². The van der Waals surface area contributed by atoms with Crippen LogP contribution in [0.15, 0.2) is 34.7 Å². The first-order valence-corrected chi connectivity index (χ1v) is 7.78. The van der Waals surface area contributed by atoms with Gasteiger partial charge in [0.15, 0.2) is 0 Å². The van der Waals surface area contributed by atoms with Crippen molar-refractivity contribution in [2.24, 2.45) is 5.92 Å². The van der Waals surface area contributed by atoms with Crippen molar-refractivity contribution in [1.29, 1.82) is 0 Å². The summed E-state index contributed by atoms with van der Waals surface area (Å²) >= 11 is 0. The van der Waals surface area contributed by atoms with E-state index in [0.717, 1.165) is 23.5 Å². The van der Waals surface area contributed by atoms with Gasteiger partial charge in [0.05, 0.1) is 18.8 Å². The fourth-order valence-electron chi connectivity index (χ4n) is 2.75. The number of benzene rings is 1. The predicted molar refractivity (Wildman–Crippen MR) is 87.2 cm³/mol. The number of carbonyl (C=O) groups is 1. The molecule has 0 amide bonds. The minimum absolute atomic E-state index is 0.0295. The molecule has 0 spiro atoms. The fourth-order valence-corrected chi connectivity index (χ4v) is 2.75. The van der Waals surface area contributed by atoms with Crippen LogP contribution in [0.1, 0.15) is 35.7 Å². The molecule has 1 aromatic heterocycles. The lowest BCUT2D eigenvalue weighted by atomic mass is 10.0. The molecule has 0 fully saturated rings. The smallest absolute Gasteiger partial charge is 0.371 e. The summed E-state index contributed by atoms with van der Waals surface area (Å²) in [4.78, 5) is 13.2. The van der Waals surface area contributed by atoms with Crippen LogP contribution in [0.2, 0.25) is 0 Å². The van der Waals surface area contributed by atoms with Crippen molar-refractivity contribution >= 4 is 11.7 Å². The third-order valence-electron chi connectivity index (χ3n) is 4.10. The fraction of sp³-hybridized carbons (Fsp3) is 0.389. The molecule has 1 unspecified atom stereocenters. The predicted octanol–water partition coefficient (Wildman–Crippen LogP) is 3.71. The van der Waals surface area contributed by atoms with Gasteiger partial charge in [-0.25, -0.2) is 4.79 Å². The quantitative estimate of drug-likeness (QED) is 0.932. The molecule has 1 aliphatic rings. The van der Waals surface area contributed by atoms with Crippen molar-refractivity contribution in [2.45, 2.75) is 33.4 Å². The zero-order valence-electron chi connectivity index (χ0n) is 13.6. The maximum absolute atomic E-state index is 11.0. The molecular weight excluding hydrogens is 294 g/mol. The molecule has 1 aromatic carbocycles. The first-order valence-electron chi connectivity index (χ1n) is 7.78. The Labute approximate surface area is 135 Å². The minimum atomic E-state index is -1.05. The number of nitrogens with zero attached hydrogens (tertiary/aromatic N) is 1. The molecule has 1 N–H and O–H groups in total. The topological polar surface area (TPSA) is 62.9 Å². The number of furan rings is 1. The van der Waals surface area contributed by atoms with Crippen LogP contribution >= 0.6 is 0 Å². The number of fused-ring (bicyclic) bond motifs is 1. The van der Waals surface area contributed by atoms with Crippen LogP contribution < -0.4 is 9.64 Å². The number of carboxylic acid groups (broad SMARTS) is 1. The number of rotatable bonds is 4. The van der Waals surface area contributed by atoms with E-state index in [9.17, 15) is 4.79 Å². The van der Waals surface area contributed by atoms with E-state index in [-0.39, 0.29) is 11.9 Å². The number of carboxylic acids is 1. The van der Waals surface area contributed by atoms with E-state index >= 15 is 0 Å². The summed E-state index contributed by atoms with van der Waals surface area (Å²) in [6, 6.07) is 9.34. The molecule has 1 atom stereocenters. The second kappa shape index (κ2) is 5.99. The second-order valence-electron chi connectivity index (χ2n) is 6.32. The van der Waals surface area contributed by atoms with E-state index in [4.69, 9.17) is 14.3 Å². The molecule has 0 aliphatic carbocycles. The van der Waals surface area contributed by atoms with Gasteiger partial charge in [0.25, 0.3) is 0 Å². The number of hydrogen-bond donors (Lipinski definition) is 1. The van der Waals surface area contributed by atoms with Gasteiger partial charge in [-0.3, -0.25) is 0 Å². The summed E-state index contributed by atoms with van der Waals surface area (Å²) in [5.74, 6) is 0.815. The number of hydrogen-bond acceptors (Lipinski definition) is 4. The highest BCUT2D eigenvalue weighted by Gasteiger charge is 2.28. The normalized spacial score (nSPS) is 17.0. The van der Waals surface area contributed by atoms with Gasteiger partial charge in [-0.15, -0.1) is 0 Å². The van der Waals surface area contributed by atoms with Crippen LogP contribution in [-0.2, 0) is 6.54 Å². The zero-order chi connectivity index (χ0) is 16.6. The Bertz CT molecular complexity index is 720. The van der Waals surface area contributed by atoms with Crippen LogP contribution in [0.3, 0.4) is 0 Å². The molecule has 0 saturated heterocycles. The Morgan fingerprint density at radius 3 is 2.78 bits per heavy atom. The van der Waals surface area contributed by atoms with E-state index in [2.05, 4.69) is 24.8 Å². The third-order valence-corrected chi connectivity index (χ3v) is 4.10. The SMILES string of the molecule is Cc1ccc2c(c1)N(Cc1ccc(C(=O)O)o1)CC(C(C)C)O2. The summed E-state index contributed by atoms with van der Waals surface area (Å²) in [7, 11) is 0. The number of ether oxygens (including phenoxy) is 1. The summed E-state index contributed by atoms with van der Waals surface area (Å²) in [6.45, 7) is 7.59. The first kappa shape index (κ1) is 15.5. The summed E-state index contributed by atoms with van der Waals surface area (Å²) in [5, 5.41) is 8.99. The maximum Gasteiger partial charge on any atom is 0.371 e. The van der Waals surface area contributed by atoms with Gasteiger partial charge in [0, 0.05) is 0 Å². The van der Waals surface area contributed by atoms with Gasteiger partial charge in [0.1, 0.15) is 17.6 Å². The zero-order valence-corrected chi connectivity index (χ0v) is 13.6. The number of aromatic carboxylic acids is 1. The molecule has 1 aliphatic heterocycles. The molecule has 2 heterocycles. The lowest BCUT2D eigenvalue weighted by molar-refractivity contribution is 0.0660. The van der Waals surface area contributed by atoms with E-state index in [1.165, 1.54) is 6.07 Å². The monoisotopic (exact) mass is 315 g/mol. The maximum atomic E-state index is 11.0. The Morgan fingerprint density at radius 1 is 1.35 bits per heavy atom. The van der Waals surface area contributed by atoms with Crippen LogP contribution in [0, 0.1) is 12.8 Å². The molecule has 23 heavy (non-hydrogen) atoms. The highest BCUT2D eigenvalue weighted by atomic mass is 16.5. The van der Waals surface area contributed by atoms with Crippen LogP contribution in [0.25, 0.3) is 0 Å². The lowest BCUT2D eigenvalue weighted by Crippen LogP contribution is -2.42. The summed E-state index contributed by atoms with van der Waals surface area (Å²) in [6.07, 6.45) is 0.0964. The van der Waals surface area contributed by atoms with Gasteiger partial charge in [-0.05, 0) is 42.7 Å². The Kier molecular flexibility index (Phi) is 4.03. The Morgan fingerprint density at radius 2 is 2.13 bits per heavy atom. The van der Waals surface area contributed by atoms with E-state index in [1.807, 2.05) is 19.1 Å². The molecule has 122 valence electrons. The van der Waals surface area contributed by atoms with E-state index < -0.39 is 5.97 Å². The summed E-state index contributed by atoms with van der Waals surface area (Å²) < 4.78 is 11.5. The Hall–Kier alpha value is -2.43. The third kappa shape index (κ3) is 3.18. The van der Waals surface area contributed by atoms with Crippen LogP contribution in [0.4, 0.5) is 5.69 Å². The van der Waals surface area contributed by atoms with Crippen molar-refractivity contribution in [2.75, 3.05) is 11.4 Å². The second-order valence-corrected chi connectivity index (χ2v) is 6.32. The van der Waals surface area contributed by atoms with Gasteiger partial charge in [0.2, 0.25) is 5.76 Å². The van der Waals surface area contributed by atoms with Crippen LogP contribution in [-0.4, -0.2) is 23.7 Å². The first-order chi connectivity index (χ1) is 10.9. The summed E-state index contributed by atoms with van der Waals surface area (Å²) in [5.41, 5.74) is 2.18. The highest BCUT2D eigenvalue weighted by molar-refractivity contribution is 5.84. The molecule has 5 heteroatoms. The van der Waals surface area contributed by atoms with Crippen molar-refractivity contribution in [3.05, 3.63) is 47.4 Å². The van der Waals surface area contributed by atoms with Crippen molar-refractivity contribution < 1.29 is 19.1 Å². The standard InChI is InChI=1S/C18H21NO4/c1-11(2)17-10-19(9-13-5-7-16(22-13)18(20)21)14-8-12(3)4-6-15(14)23-17/h4-8,11,17H,9-10H2,1-3H3,(H,20,21). The van der Waals surface area contributed by atoms with Gasteiger partial charge >= 0.3 is 5.97 Å². The van der Waals surface area contributed by atoms with Gasteiger partial charge < -0.3 is 19.2 Å². The molecule has 0 radical (unpaired) electrons. The van der Waals surface area contributed by atoms with Crippen molar-refractivity contribution in [3.8, 4) is 5.75 Å². The molecule has 0 saturated carbocycles. The molecule has 3 rings (SSSR count). The lowest BCUT2D eigenvalue weighted by Gasteiger charge is -2.37. The molecule has 2 aromatic rings. The molecular formula is C18H21NO4. The Balaban J connectivity index is 1.90. The largest absolute Gasteiger partial charge is 0.486 e. The minimum Gasteiger partial charge on any atom is -0.486 e. The van der Waals surface area contributed by atoms with Gasteiger partial charge in [-0.1, -0.05) is 19.9 Å². The highest BCUT2D eigenvalue weighted by Crippen LogP contribution is 2.36. The van der Waals surface area contributed by atoms with E-state index in [1.54, 1.807) is 6.07 Å². The number of aryl methyl sites for hydroxylation is 1. The number of anilines is 1. The van der Waals surface area contributed by atoms with Gasteiger partial charge in [-0.2, -0.15) is 0 Å².